The first-order valence-corrected chi connectivity index (χ1v) is 6.62. The van der Waals surface area contributed by atoms with Gasteiger partial charge in [0.15, 0.2) is 0 Å². The van der Waals surface area contributed by atoms with Crippen LogP contribution in [0.5, 0.6) is 5.75 Å². The van der Waals surface area contributed by atoms with Gasteiger partial charge in [-0.25, -0.2) is 0 Å². The summed E-state index contributed by atoms with van der Waals surface area (Å²) in [7, 11) is 0. The molecule has 2 N–H and O–H groups in total. The first kappa shape index (κ1) is 12.8. The number of phenolic OH excluding ortho intramolecular Hbond substituents is 1. The van der Waals surface area contributed by atoms with Crippen LogP contribution < -0.4 is 0 Å². The zero-order valence-electron chi connectivity index (χ0n) is 10.9. The van der Waals surface area contributed by atoms with Gasteiger partial charge < -0.3 is 5.11 Å². The number of halogens is 1. The van der Waals surface area contributed by atoms with Crippen LogP contribution in [0, 0.1) is 6.92 Å². The van der Waals surface area contributed by atoms with E-state index in [0.29, 0.717) is 10.6 Å². The molecule has 3 rings (SSSR count). The van der Waals surface area contributed by atoms with Crippen LogP contribution in [0.3, 0.4) is 0 Å². The lowest BCUT2D eigenvalue weighted by Crippen LogP contribution is -1.79. The highest BCUT2D eigenvalue weighted by atomic mass is 35.5. The molecule has 0 amide bonds. The Labute approximate surface area is 121 Å². The molecule has 0 saturated heterocycles. The second kappa shape index (κ2) is 5.02. The van der Waals surface area contributed by atoms with Crippen molar-refractivity contribution < 1.29 is 5.11 Å². The maximum Gasteiger partial charge on any atom is 0.125 e. The monoisotopic (exact) mass is 284 g/mol. The highest BCUT2D eigenvalue weighted by Gasteiger charge is 2.10. The Morgan fingerprint density at radius 2 is 1.95 bits per heavy atom. The molecule has 0 aliphatic carbocycles. The molecule has 4 heteroatoms. The van der Waals surface area contributed by atoms with E-state index in [2.05, 4.69) is 16.3 Å². The summed E-state index contributed by atoms with van der Waals surface area (Å²) in [5, 5.41) is 17.7. The van der Waals surface area contributed by atoms with E-state index in [0.717, 1.165) is 17.0 Å². The molecule has 0 aliphatic rings. The van der Waals surface area contributed by atoms with Crippen LogP contribution in [0.2, 0.25) is 5.02 Å². The summed E-state index contributed by atoms with van der Waals surface area (Å²) in [5.74, 6) is 0.175. The van der Waals surface area contributed by atoms with E-state index in [1.807, 2.05) is 31.2 Å². The molecule has 1 heterocycles. The first-order chi connectivity index (χ1) is 9.63. The minimum absolute atomic E-state index is 0.175. The van der Waals surface area contributed by atoms with Gasteiger partial charge in [0.2, 0.25) is 0 Å². The molecule has 0 fully saturated rings. The Bertz CT molecular complexity index is 765. The molecule has 2 aromatic carbocycles. The average Bonchev–Trinajstić information content (AvgIpc) is 2.91. The predicted molar refractivity (Wildman–Crippen MR) is 80.9 cm³/mol. The van der Waals surface area contributed by atoms with Gasteiger partial charge in [-0.3, -0.25) is 5.10 Å². The molecule has 20 heavy (non-hydrogen) atoms. The molecule has 100 valence electrons. The number of rotatable bonds is 2. The van der Waals surface area contributed by atoms with Crippen LogP contribution in [0.25, 0.3) is 22.5 Å². The van der Waals surface area contributed by atoms with E-state index in [-0.39, 0.29) is 5.75 Å². The fraction of sp³-hybridized carbons (Fsp3) is 0.0625. The van der Waals surface area contributed by atoms with Crippen molar-refractivity contribution in [2.24, 2.45) is 0 Å². The van der Waals surface area contributed by atoms with Gasteiger partial charge >= 0.3 is 0 Å². The molecule has 0 atom stereocenters. The number of aromatic nitrogens is 2. The van der Waals surface area contributed by atoms with Gasteiger partial charge in [0.25, 0.3) is 0 Å². The summed E-state index contributed by atoms with van der Waals surface area (Å²) in [4.78, 5) is 0. The lowest BCUT2D eigenvalue weighted by molar-refractivity contribution is 0.477. The summed E-state index contributed by atoms with van der Waals surface area (Å²) < 4.78 is 0. The molecular formula is C16H13ClN2O. The Balaban J connectivity index is 2.04. The zero-order chi connectivity index (χ0) is 14.1. The molecule has 0 unspecified atom stereocenters. The highest BCUT2D eigenvalue weighted by Crippen LogP contribution is 2.32. The van der Waals surface area contributed by atoms with Crippen LogP contribution in [0.15, 0.2) is 48.5 Å². The van der Waals surface area contributed by atoms with E-state index >= 15 is 0 Å². The Hall–Kier alpha value is -2.26. The van der Waals surface area contributed by atoms with Crippen LogP contribution in [-0.2, 0) is 0 Å². The molecule has 3 nitrogen and oxygen atoms in total. The minimum atomic E-state index is 0.175. The molecule has 0 spiro atoms. The summed E-state index contributed by atoms with van der Waals surface area (Å²) >= 11 is 5.97. The zero-order valence-corrected chi connectivity index (χ0v) is 11.6. The molecule has 0 bridgehead atoms. The van der Waals surface area contributed by atoms with Gasteiger partial charge in [-0.2, -0.15) is 5.10 Å². The van der Waals surface area contributed by atoms with Gasteiger partial charge in [-0.1, -0.05) is 35.4 Å². The third-order valence-electron chi connectivity index (χ3n) is 3.14. The molecule has 0 saturated carbocycles. The van der Waals surface area contributed by atoms with Gasteiger partial charge in [-0.15, -0.1) is 0 Å². The van der Waals surface area contributed by atoms with Gasteiger partial charge in [0, 0.05) is 16.1 Å². The van der Waals surface area contributed by atoms with Crippen molar-refractivity contribution in [3.05, 3.63) is 59.1 Å². The van der Waals surface area contributed by atoms with Crippen LogP contribution in [0.4, 0.5) is 0 Å². The van der Waals surface area contributed by atoms with Crippen molar-refractivity contribution in [2.75, 3.05) is 0 Å². The second-order valence-corrected chi connectivity index (χ2v) is 5.13. The molecule has 1 aromatic heterocycles. The van der Waals surface area contributed by atoms with Gasteiger partial charge in [-0.05, 0) is 37.3 Å². The summed E-state index contributed by atoms with van der Waals surface area (Å²) in [6, 6.07) is 15.0. The minimum Gasteiger partial charge on any atom is -0.507 e. The molecule has 0 aliphatic heterocycles. The Morgan fingerprint density at radius 3 is 2.75 bits per heavy atom. The predicted octanol–water partition coefficient (Wildman–Crippen LogP) is 4.41. The van der Waals surface area contributed by atoms with Crippen molar-refractivity contribution in [3.63, 3.8) is 0 Å². The van der Waals surface area contributed by atoms with Crippen molar-refractivity contribution >= 4 is 11.6 Å². The number of aromatic hydroxyl groups is 1. The average molecular weight is 285 g/mol. The van der Waals surface area contributed by atoms with Crippen molar-refractivity contribution in [3.8, 4) is 28.3 Å². The number of benzene rings is 2. The summed E-state index contributed by atoms with van der Waals surface area (Å²) in [5.41, 5.74) is 4.43. The lowest BCUT2D eigenvalue weighted by atomic mass is 10.1. The van der Waals surface area contributed by atoms with Crippen molar-refractivity contribution in [1.82, 2.24) is 10.2 Å². The number of nitrogens with zero attached hydrogens (tertiary/aromatic N) is 1. The van der Waals surface area contributed by atoms with Crippen LogP contribution in [-0.4, -0.2) is 15.3 Å². The van der Waals surface area contributed by atoms with Crippen molar-refractivity contribution in [2.45, 2.75) is 6.92 Å². The van der Waals surface area contributed by atoms with Crippen LogP contribution in [0.1, 0.15) is 5.56 Å². The maximum absolute atomic E-state index is 9.91. The lowest BCUT2D eigenvalue weighted by Gasteiger charge is -2.01. The standard InChI is InChI=1S/C16H13ClN2O/c1-10-3-2-4-11(7-10)14-9-15(19-18-14)13-8-12(17)5-6-16(13)20/h2-9,20H,1H3,(H,18,19). The Morgan fingerprint density at radius 1 is 1.10 bits per heavy atom. The molecule has 3 aromatic rings. The smallest absolute Gasteiger partial charge is 0.125 e. The number of aryl methyl sites for hydroxylation is 1. The van der Waals surface area contributed by atoms with E-state index in [9.17, 15) is 5.11 Å². The summed E-state index contributed by atoms with van der Waals surface area (Å²) in [6.07, 6.45) is 0. The fourth-order valence-corrected chi connectivity index (χ4v) is 2.31. The number of hydrogen-bond acceptors (Lipinski definition) is 2. The summed E-state index contributed by atoms with van der Waals surface area (Å²) in [6.45, 7) is 2.04. The fourth-order valence-electron chi connectivity index (χ4n) is 2.14. The SMILES string of the molecule is Cc1cccc(-c2cc(-c3cc(Cl)ccc3O)[nH]n2)c1. The normalized spacial score (nSPS) is 10.7. The number of aromatic amines is 1. The van der Waals surface area contributed by atoms with Gasteiger partial charge in [0.1, 0.15) is 5.75 Å². The number of hydrogen-bond donors (Lipinski definition) is 2. The van der Waals surface area contributed by atoms with Gasteiger partial charge in [0.05, 0.1) is 11.4 Å². The number of nitrogens with one attached hydrogen (secondary N) is 1. The largest absolute Gasteiger partial charge is 0.507 e. The molecular weight excluding hydrogens is 272 g/mol. The Kier molecular flexibility index (Phi) is 3.20. The molecule has 0 radical (unpaired) electrons. The van der Waals surface area contributed by atoms with Crippen LogP contribution >= 0.6 is 11.6 Å². The highest BCUT2D eigenvalue weighted by molar-refractivity contribution is 6.30. The number of H-pyrrole nitrogens is 1. The van der Waals surface area contributed by atoms with Crippen molar-refractivity contribution in [1.29, 1.82) is 0 Å². The quantitative estimate of drug-likeness (QED) is 0.732. The third-order valence-corrected chi connectivity index (χ3v) is 3.38. The number of phenols is 1. The van der Waals surface area contributed by atoms with E-state index in [1.54, 1.807) is 18.2 Å². The first-order valence-electron chi connectivity index (χ1n) is 6.25. The topological polar surface area (TPSA) is 48.9 Å². The van der Waals surface area contributed by atoms with E-state index < -0.39 is 0 Å². The third kappa shape index (κ3) is 2.40. The second-order valence-electron chi connectivity index (χ2n) is 4.70. The van der Waals surface area contributed by atoms with E-state index in [1.165, 1.54) is 5.56 Å². The maximum atomic E-state index is 9.91. The van der Waals surface area contributed by atoms with E-state index in [4.69, 9.17) is 11.6 Å².